The molecule has 2 amide bonds. The number of rotatable bonds is 5. The van der Waals surface area contributed by atoms with Gasteiger partial charge in [-0.2, -0.15) is 0 Å². The van der Waals surface area contributed by atoms with Crippen molar-refractivity contribution in [1.29, 1.82) is 0 Å². The van der Waals surface area contributed by atoms with Crippen LogP contribution >= 0.6 is 11.3 Å². The van der Waals surface area contributed by atoms with E-state index in [1.165, 1.54) is 48.6 Å². The van der Waals surface area contributed by atoms with Crippen LogP contribution in [0.4, 0.5) is 20.2 Å². The Labute approximate surface area is 174 Å². The van der Waals surface area contributed by atoms with Gasteiger partial charge in [-0.25, -0.2) is 13.8 Å². The van der Waals surface area contributed by atoms with E-state index >= 15 is 0 Å². The number of aromatic nitrogens is 2. The molecule has 152 valence electrons. The summed E-state index contributed by atoms with van der Waals surface area (Å²) in [6, 6.07) is 10.00. The van der Waals surface area contributed by atoms with Crippen molar-refractivity contribution in [3.05, 3.63) is 71.4 Å². The first kappa shape index (κ1) is 19.7. The zero-order valence-electron chi connectivity index (χ0n) is 15.8. The molecule has 0 spiro atoms. The fraction of sp³-hybridized carbons (Fsp3) is 0.0952. The number of benzene rings is 2. The predicted octanol–water partition coefficient (Wildman–Crippen LogP) is 4.48. The number of fused-ring (bicyclic) bond motifs is 1. The van der Waals surface area contributed by atoms with E-state index in [1.54, 1.807) is 18.3 Å². The van der Waals surface area contributed by atoms with Crippen LogP contribution in [0.15, 0.2) is 54.0 Å². The molecule has 4 rings (SSSR count). The van der Waals surface area contributed by atoms with Gasteiger partial charge in [0.1, 0.15) is 11.6 Å². The van der Waals surface area contributed by atoms with Crippen molar-refractivity contribution in [2.45, 2.75) is 13.3 Å². The highest BCUT2D eigenvalue weighted by molar-refractivity contribution is 7.15. The average molecular weight is 426 g/mol. The Kier molecular flexibility index (Phi) is 5.28. The predicted molar refractivity (Wildman–Crippen MR) is 112 cm³/mol. The number of carbonyl (C=O) groups excluding carboxylic acids is 2. The molecule has 30 heavy (non-hydrogen) atoms. The summed E-state index contributed by atoms with van der Waals surface area (Å²) < 4.78 is 28.7. The van der Waals surface area contributed by atoms with Gasteiger partial charge in [0, 0.05) is 35.4 Å². The van der Waals surface area contributed by atoms with Gasteiger partial charge in [0.2, 0.25) is 11.8 Å². The number of nitrogens with zero attached hydrogens (tertiary/aromatic N) is 2. The Morgan fingerprint density at radius 3 is 2.60 bits per heavy atom. The van der Waals surface area contributed by atoms with E-state index in [4.69, 9.17) is 0 Å². The second-order valence-corrected chi connectivity index (χ2v) is 7.45. The monoisotopic (exact) mass is 426 g/mol. The summed E-state index contributed by atoms with van der Waals surface area (Å²) in [7, 11) is 0. The third-order valence-corrected chi connectivity index (χ3v) is 5.21. The van der Waals surface area contributed by atoms with Crippen molar-refractivity contribution < 1.29 is 18.4 Å². The molecule has 0 aliphatic heterocycles. The number of imidazole rings is 1. The normalized spacial score (nSPS) is 10.9. The smallest absolute Gasteiger partial charge is 0.230 e. The maximum Gasteiger partial charge on any atom is 0.230 e. The van der Waals surface area contributed by atoms with Gasteiger partial charge in [-0.05, 0) is 42.5 Å². The average Bonchev–Trinajstić information content (AvgIpc) is 3.27. The minimum Gasteiger partial charge on any atom is -0.326 e. The van der Waals surface area contributed by atoms with Crippen LogP contribution in [0.1, 0.15) is 12.6 Å². The topological polar surface area (TPSA) is 75.5 Å². The highest BCUT2D eigenvalue weighted by Crippen LogP contribution is 2.25. The largest absolute Gasteiger partial charge is 0.326 e. The third kappa shape index (κ3) is 4.20. The minimum atomic E-state index is -0.588. The van der Waals surface area contributed by atoms with Crippen LogP contribution in [0.25, 0.3) is 16.2 Å². The molecule has 0 aliphatic carbocycles. The van der Waals surface area contributed by atoms with Crippen LogP contribution in [0.2, 0.25) is 0 Å². The molecule has 2 N–H and O–H groups in total. The lowest BCUT2D eigenvalue weighted by Gasteiger charge is -2.09. The Hall–Kier alpha value is -3.59. The Balaban J connectivity index is 1.51. The molecule has 0 fully saturated rings. The van der Waals surface area contributed by atoms with Crippen molar-refractivity contribution in [3.8, 4) is 11.3 Å². The fourth-order valence-corrected chi connectivity index (χ4v) is 3.85. The number of nitrogens with one attached hydrogen (secondary N) is 2. The number of halogens is 2. The van der Waals surface area contributed by atoms with Gasteiger partial charge in [0.25, 0.3) is 0 Å². The SMILES string of the molecule is CC(=O)Nc1cc(NC(=O)Cc2csc3nc(-c4ccc(F)cc4)cn23)ccc1F. The molecule has 0 radical (unpaired) electrons. The first-order valence-electron chi connectivity index (χ1n) is 8.97. The van der Waals surface area contributed by atoms with Crippen molar-refractivity contribution in [2.24, 2.45) is 0 Å². The van der Waals surface area contributed by atoms with Gasteiger partial charge in [0.05, 0.1) is 17.8 Å². The van der Waals surface area contributed by atoms with Crippen LogP contribution in [0.5, 0.6) is 0 Å². The molecule has 0 bridgehead atoms. The summed E-state index contributed by atoms with van der Waals surface area (Å²) in [6.07, 6.45) is 1.88. The summed E-state index contributed by atoms with van der Waals surface area (Å²) in [5, 5.41) is 6.92. The van der Waals surface area contributed by atoms with Crippen molar-refractivity contribution in [1.82, 2.24) is 9.38 Å². The Morgan fingerprint density at radius 2 is 1.87 bits per heavy atom. The zero-order valence-corrected chi connectivity index (χ0v) is 16.6. The van der Waals surface area contributed by atoms with Gasteiger partial charge >= 0.3 is 0 Å². The lowest BCUT2D eigenvalue weighted by atomic mass is 10.2. The van der Waals surface area contributed by atoms with Gasteiger partial charge in [-0.15, -0.1) is 11.3 Å². The van der Waals surface area contributed by atoms with Crippen molar-refractivity contribution in [3.63, 3.8) is 0 Å². The molecular weight excluding hydrogens is 410 g/mol. The van der Waals surface area contributed by atoms with Crippen molar-refractivity contribution >= 4 is 39.5 Å². The van der Waals surface area contributed by atoms with E-state index in [1.807, 2.05) is 9.78 Å². The van der Waals surface area contributed by atoms with E-state index in [-0.39, 0.29) is 23.8 Å². The Bertz CT molecular complexity index is 1250. The van der Waals surface area contributed by atoms with Crippen LogP contribution < -0.4 is 10.6 Å². The lowest BCUT2D eigenvalue weighted by Crippen LogP contribution is -2.16. The van der Waals surface area contributed by atoms with Crippen LogP contribution in [-0.4, -0.2) is 21.2 Å². The van der Waals surface area contributed by atoms with E-state index in [2.05, 4.69) is 15.6 Å². The third-order valence-electron chi connectivity index (χ3n) is 4.33. The second kappa shape index (κ2) is 8.03. The quantitative estimate of drug-likeness (QED) is 0.494. The number of thiazole rings is 1. The van der Waals surface area contributed by atoms with Crippen molar-refractivity contribution in [2.75, 3.05) is 10.6 Å². The first-order chi connectivity index (χ1) is 14.4. The molecule has 6 nitrogen and oxygen atoms in total. The summed E-state index contributed by atoms with van der Waals surface area (Å²) in [5.74, 6) is -1.61. The second-order valence-electron chi connectivity index (χ2n) is 6.61. The summed E-state index contributed by atoms with van der Waals surface area (Å²) in [5.41, 5.74) is 2.56. The highest BCUT2D eigenvalue weighted by Gasteiger charge is 2.14. The van der Waals surface area contributed by atoms with E-state index in [9.17, 15) is 18.4 Å². The van der Waals surface area contributed by atoms with Gasteiger partial charge < -0.3 is 10.6 Å². The number of hydrogen-bond acceptors (Lipinski definition) is 4. The minimum absolute atomic E-state index is 0.00299. The number of hydrogen-bond donors (Lipinski definition) is 2. The highest BCUT2D eigenvalue weighted by atomic mass is 32.1. The molecule has 2 aromatic heterocycles. The maximum atomic E-state index is 13.8. The molecular formula is C21H16F2N4O2S. The number of amides is 2. The molecule has 2 aromatic carbocycles. The molecule has 4 aromatic rings. The molecule has 0 aliphatic rings. The molecule has 0 atom stereocenters. The molecule has 0 saturated carbocycles. The zero-order chi connectivity index (χ0) is 21.3. The van der Waals surface area contributed by atoms with Gasteiger partial charge in [-0.1, -0.05) is 0 Å². The molecule has 9 heteroatoms. The maximum absolute atomic E-state index is 13.8. The molecule has 0 unspecified atom stereocenters. The van der Waals surface area contributed by atoms with Gasteiger partial charge in [-0.3, -0.25) is 14.0 Å². The van der Waals surface area contributed by atoms with Gasteiger partial charge in [0.15, 0.2) is 4.96 Å². The summed E-state index contributed by atoms with van der Waals surface area (Å²) in [6.45, 7) is 1.28. The first-order valence-corrected chi connectivity index (χ1v) is 9.85. The lowest BCUT2D eigenvalue weighted by molar-refractivity contribution is -0.116. The van der Waals surface area contributed by atoms with Crippen LogP contribution in [-0.2, 0) is 16.0 Å². The fourth-order valence-electron chi connectivity index (χ4n) is 2.97. The van der Waals surface area contributed by atoms with Crippen LogP contribution in [0.3, 0.4) is 0 Å². The standard InChI is InChI=1S/C21H16F2N4O2S/c1-12(28)24-18-8-15(6-7-17(18)23)25-20(29)9-16-11-30-21-26-19(10-27(16)21)13-2-4-14(22)5-3-13/h2-8,10-11H,9H2,1H3,(H,24,28)(H,25,29). The molecule has 0 saturated heterocycles. The van der Waals surface area contributed by atoms with Crippen LogP contribution in [0, 0.1) is 11.6 Å². The summed E-state index contributed by atoms with van der Waals surface area (Å²) in [4.78, 5) is 28.9. The molecule has 2 heterocycles. The number of anilines is 2. The number of carbonyl (C=O) groups is 2. The van der Waals surface area contributed by atoms with E-state index < -0.39 is 11.7 Å². The van der Waals surface area contributed by atoms with E-state index in [0.29, 0.717) is 16.3 Å². The summed E-state index contributed by atoms with van der Waals surface area (Å²) >= 11 is 1.39. The van der Waals surface area contributed by atoms with E-state index in [0.717, 1.165) is 11.3 Å². The Morgan fingerprint density at radius 1 is 1.10 bits per heavy atom.